The van der Waals surface area contributed by atoms with Gasteiger partial charge in [0.05, 0.1) is 0 Å². The first kappa shape index (κ1) is 9.96. The minimum Gasteiger partial charge on any atom is -0.370 e. The van der Waals surface area contributed by atoms with Gasteiger partial charge < -0.3 is 5.32 Å². The molecule has 1 heterocycles. The maximum absolute atomic E-state index is 4.07. The van der Waals surface area contributed by atoms with Crippen LogP contribution in [0.15, 0.2) is 18.6 Å². The number of hydrogen-bond donors (Lipinski definition) is 1. The summed E-state index contributed by atoms with van der Waals surface area (Å²) in [6.07, 6.45) is 5.77. The van der Waals surface area contributed by atoms with E-state index in [1.807, 2.05) is 6.07 Å². The van der Waals surface area contributed by atoms with Crippen LogP contribution in [0, 0.1) is 5.92 Å². The van der Waals surface area contributed by atoms with Gasteiger partial charge in [-0.25, -0.2) is 9.97 Å². The molecule has 0 spiro atoms. The molecule has 0 radical (unpaired) electrons. The SMILES string of the molecule is CC(C)CCCNc1ccncn1. The Balaban J connectivity index is 2.13. The molecule has 0 amide bonds. The predicted molar refractivity (Wildman–Crippen MR) is 54.6 cm³/mol. The molecule has 0 aromatic carbocycles. The first-order valence-corrected chi connectivity index (χ1v) is 4.79. The second-order valence-electron chi connectivity index (χ2n) is 3.56. The number of nitrogens with zero attached hydrogens (tertiary/aromatic N) is 2. The molecule has 0 bridgehead atoms. The molecule has 0 aliphatic rings. The third kappa shape index (κ3) is 4.45. The Morgan fingerprint density at radius 1 is 1.46 bits per heavy atom. The molecule has 0 saturated carbocycles. The summed E-state index contributed by atoms with van der Waals surface area (Å²) >= 11 is 0. The van der Waals surface area contributed by atoms with Crippen LogP contribution in [0.1, 0.15) is 26.7 Å². The summed E-state index contributed by atoms with van der Waals surface area (Å²) < 4.78 is 0. The molecular weight excluding hydrogens is 162 g/mol. The van der Waals surface area contributed by atoms with Gasteiger partial charge in [0.2, 0.25) is 0 Å². The fourth-order valence-corrected chi connectivity index (χ4v) is 1.12. The first-order valence-electron chi connectivity index (χ1n) is 4.79. The smallest absolute Gasteiger partial charge is 0.129 e. The van der Waals surface area contributed by atoms with Crippen molar-refractivity contribution in [2.24, 2.45) is 5.92 Å². The Bertz CT molecular complexity index is 221. The van der Waals surface area contributed by atoms with Crippen molar-refractivity contribution in [1.29, 1.82) is 0 Å². The molecule has 0 unspecified atom stereocenters. The fraction of sp³-hybridized carbons (Fsp3) is 0.600. The molecule has 72 valence electrons. The monoisotopic (exact) mass is 179 g/mol. The topological polar surface area (TPSA) is 37.8 Å². The minimum atomic E-state index is 0.784. The highest BCUT2D eigenvalue weighted by Gasteiger charge is 1.94. The summed E-state index contributed by atoms with van der Waals surface area (Å²) in [6.45, 7) is 5.48. The molecule has 1 aromatic heterocycles. The summed E-state index contributed by atoms with van der Waals surface area (Å²) in [4.78, 5) is 7.92. The van der Waals surface area contributed by atoms with Gasteiger partial charge in [0, 0.05) is 12.7 Å². The summed E-state index contributed by atoms with van der Waals surface area (Å²) in [5.74, 6) is 1.70. The van der Waals surface area contributed by atoms with Crippen molar-refractivity contribution < 1.29 is 0 Å². The van der Waals surface area contributed by atoms with E-state index in [1.165, 1.54) is 12.8 Å². The molecule has 13 heavy (non-hydrogen) atoms. The molecule has 1 N–H and O–H groups in total. The Hall–Kier alpha value is -1.12. The van der Waals surface area contributed by atoms with Crippen molar-refractivity contribution in [2.45, 2.75) is 26.7 Å². The highest BCUT2D eigenvalue weighted by Crippen LogP contribution is 2.04. The van der Waals surface area contributed by atoms with Crippen LogP contribution in [0.3, 0.4) is 0 Å². The number of nitrogens with one attached hydrogen (secondary N) is 1. The van der Waals surface area contributed by atoms with Crippen LogP contribution in [0.2, 0.25) is 0 Å². The lowest BCUT2D eigenvalue weighted by molar-refractivity contribution is 0.566. The zero-order chi connectivity index (χ0) is 9.52. The van der Waals surface area contributed by atoms with E-state index < -0.39 is 0 Å². The zero-order valence-electron chi connectivity index (χ0n) is 8.33. The van der Waals surface area contributed by atoms with E-state index in [9.17, 15) is 0 Å². The summed E-state index contributed by atoms with van der Waals surface area (Å²) in [5.41, 5.74) is 0. The van der Waals surface area contributed by atoms with Gasteiger partial charge in [-0.1, -0.05) is 13.8 Å². The van der Waals surface area contributed by atoms with E-state index in [0.29, 0.717) is 0 Å². The van der Waals surface area contributed by atoms with Gasteiger partial charge in [-0.2, -0.15) is 0 Å². The van der Waals surface area contributed by atoms with Crippen molar-refractivity contribution in [1.82, 2.24) is 9.97 Å². The maximum Gasteiger partial charge on any atom is 0.129 e. The van der Waals surface area contributed by atoms with Crippen molar-refractivity contribution in [3.63, 3.8) is 0 Å². The number of aromatic nitrogens is 2. The van der Waals surface area contributed by atoms with E-state index in [4.69, 9.17) is 0 Å². The average molecular weight is 179 g/mol. The standard InChI is InChI=1S/C10H17N3/c1-9(2)4-3-6-12-10-5-7-11-8-13-10/h5,7-9H,3-4,6H2,1-2H3,(H,11,12,13). The predicted octanol–water partition coefficient (Wildman–Crippen LogP) is 2.32. The van der Waals surface area contributed by atoms with Crippen LogP contribution < -0.4 is 5.32 Å². The van der Waals surface area contributed by atoms with E-state index in [-0.39, 0.29) is 0 Å². The van der Waals surface area contributed by atoms with Crippen LogP contribution in [0.4, 0.5) is 5.82 Å². The van der Waals surface area contributed by atoms with Crippen LogP contribution in [0.5, 0.6) is 0 Å². The number of anilines is 1. The van der Waals surface area contributed by atoms with E-state index in [0.717, 1.165) is 18.3 Å². The van der Waals surface area contributed by atoms with Crippen LogP contribution >= 0.6 is 0 Å². The van der Waals surface area contributed by atoms with Gasteiger partial charge in [-0.15, -0.1) is 0 Å². The van der Waals surface area contributed by atoms with Gasteiger partial charge in [-0.05, 0) is 24.8 Å². The maximum atomic E-state index is 4.07. The van der Waals surface area contributed by atoms with Crippen molar-refractivity contribution >= 4 is 5.82 Å². The normalized spacial score (nSPS) is 10.4. The highest BCUT2D eigenvalue weighted by molar-refractivity contribution is 5.30. The summed E-state index contributed by atoms with van der Waals surface area (Å²) in [7, 11) is 0. The molecule has 3 heteroatoms. The first-order chi connectivity index (χ1) is 6.29. The van der Waals surface area contributed by atoms with Gasteiger partial charge in [-0.3, -0.25) is 0 Å². The highest BCUT2D eigenvalue weighted by atomic mass is 15.0. The number of rotatable bonds is 5. The fourth-order valence-electron chi connectivity index (χ4n) is 1.12. The van der Waals surface area contributed by atoms with E-state index >= 15 is 0 Å². The molecule has 3 nitrogen and oxygen atoms in total. The molecule has 0 saturated heterocycles. The minimum absolute atomic E-state index is 0.784. The third-order valence-electron chi connectivity index (χ3n) is 1.85. The van der Waals surface area contributed by atoms with Crippen molar-refractivity contribution in [3.05, 3.63) is 18.6 Å². The van der Waals surface area contributed by atoms with Crippen LogP contribution in [0.25, 0.3) is 0 Å². The lowest BCUT2D eigenvalue weighted by Gasteiger charge is -2.06. The second-order valence-corrected chi connectivity index (χ2v) is 3.56. The van der Waals surface area contributed by atoms with Crippen molar-refractivity contribution in [2.75, 3.05) is 11.9 Å². The van der Waals surface area contributed by atoms with Gasteiger partial charge in [0.15, 0.2) is 0 Å². The molecule has 0 fully saturated rings. The Labute approximate surface area is 79.6 Å². The van der Waals surface area contributed by atoms with Crippen LogP contribution in [-0.4, -0.2) is 16.5 Å². The van der Waals surface area contributed by atoms with E-state index in [2.05, 4.69) is 29.1 Å². The molecule has 0 aliphatic carbocycles. The van der Waals surface area contributed by atoms with Crippen LogP contribution in [-0.2, 0) is 0 Å². The Kier molecular flexibility index (Phi) is 4.23. The summed E-state index contributed by atoms with van der Waals surface area (Å²) in [6, 6.07) is 1.88. The van der Waals surface area contributed by atoms with Gasteiger partial charge >= 0.3 is 0 Å². The summed E-state index contributed by atoms with van der Waals surface area (Å²) in [5, 5.41) is 3.25. The molecular formula is C10H17N3. The lowest BCUT2D eigenvalue weighted by Crippen LogP contribution is -2.04. The average Bonchev–Trinajstić information content (AvgIpc) is 2.14. The van der Waals surface area contributed by atoms with Gasteiger partial charge in [0.25, 0.3) is 0 Å². The molecule has 1 aromatic rings. The Morgan fingerprint density at radius 3 is 2.92 bits per heavy atom. The van der Waals surface area contributed by atoms with E-state index in [1.54, 1.807) is 12.5 Å². The zero-order valence-corrected chi connectivity index (χ0v) is 8.33. The second kappa shape index (κ2) is 5.51. The Morgan fingerprint density at radius 2 is 2.31 bits per heavy atom. The third-order valence-corrected chi connectivity index (χ3v) is 1.85. The quantitative estimate of drug-likeness (QED) is 0.705. The van der Waals surface area contributed by atoms with Crippen molar-refractivity contribution in [3.8, 4) is 0 Å². The largest absolute Gasteiger partial charge is 0.370 e. The molecule has 0 aliphatic heterocycles. The number of hydrogen-bond acceptors (Lipinski definition) is 3. The molecule has 0 atom stereocenters. The lowest BCUT2D eigenvalue weighted by atomic mass is 10.1. The van der Waals surface area contributed by atoms with Gasteiger partial charge in [0.1, 0.15) is 12.1 Å². The molecule has 1 rings (SSSR count).